The van der Waals surface area contributed by atoms with E-state index in [1.54, 1.807) is 0 Å². The van der Waals surface area contributed by atoms with Crippen LogP contribution < -0.4 is 36.9 Å². The van der Waals surface area contributed by atoms with Gasteiger partial charge in [-0.2, -0.15) is 0 Å². The van der Waals surface area contributed by atoms with Crippen molar-refractivity contribution in [2.24, 2.45) is 0 Å². The summed E-state index contributed by atoms with van der Waals surface area (Å²) >= 11 is 0. The van der Waals surface area contributed by atoms with E-state index >= 15 is 0 Å². The number of nitrogens with zero attached hydrogens (tertiary/aromatic N) is 1. The van der Waals surface area contributed by atoms with E-state index in [2.05, 4.69) is 91.4 Å². The van der Waals surface area contributed by atoms with Crippen LogP contribution in [0.5, 0.6) is 5.75 Å². The summed E-state index contributed by atoms with van der Waals surface area (Å²) in [7, 11) is 5.60. The topological polar surface area (TPSA) is 112 Å². The number of amides is 2. The maximum Gasteiger partial charge on any atom is 0.323 e. The maximum absolute atomic E-state index is 13.7. The summed E-state index contributed by atoms with van der Waals surface area (Å²) in [5.74, 6) is 0.318. The number of anilines is 5. The van der Waals surface area contributed by atoms with E-state index < -0.39 is 16.9 Å². The first-order valence-electron chi connectivity index (χ1n) is 16.9. The first-order valence-corrected chi connectivity index (χ1v) is 16.9. The van der Waals surface area contributed by atoms with Crippen LogP contribution in [0.3, 0.4) is 0 Å². The lowest BCUT2D eigenvalue weighted by Gasteiger charge is -2.25. The molecule has 9 nitrogen and oxygen atoms in total. The van der Waals surface area contributed by atoms with Gasteiger partial charge in [0.05, 0.1) is 24.2 Å². The van der Waals surface area contributed by atoms with Crippen molar-refractivity contribution in [3.63, 3.8) is 0 Å². The highest BCUT2D eigenvalue weighted by atomic mass is 16.5. The van der Waals surface area contributed by atoms with Crippen molar-refractivity contribution in [2.45, 2.75) is 39.3 Å². The van der Waals surface area contributed by atoms with Crippen LogP contribution in [0.25, 0.3) is 21.9 Å². The smallest absolute Gasteiger partial charge is 0.323 e. The second kappa shape index (κ2) is 14.5. The van der Waals surface area contributed by atoms with Crippen LogP contribution >= 0.6 is 0 Å². The molecule has 0 atom stereocenters. The van der Waals surface area contributed by atoms with Gasteiger partial charge in [0, 0.05) is 18.5 Å². The molecule has 0 heterocycles. The van der Waals surface area contributed by atoms with Gasteiger partial charge in [0.25, 0.3) is 10.9 Å². The number of hydrogen-bond donors (Lipinski definition) is 4. The van der Waals surface area contributed by atoms with E-state index in [0.29, 0.717) is 29.4 Å². The Morgan fingerprint density at radius 3 is 2.00 bits per heavy atom. The number of methoxy groups -OCH3 is 1. The van der Waals surface area contributed by atoms with Crippen LogP contribution in [-0.2, 0) is 18.5 Å². The molecule has 0 aliphatic rings. The molecule has 6 aromatic carbocycles. The number of benzene rings is 5. The molecule has 6 rings (SSSR count). The minimum atomic E-state index is -0.624. The Morgan fingerprint density at radius 1 is 0.706 bits per heavy atom. The quantitative estimate of drug-likeness (QED) is 0.102. The van der Waals surface area contributed by atoms with E-state index in [1.165, 1.54) is 12.7 Å². The Morgan fingerprint density at radius 2 is 1.33 bits per heavy atom. The average Bonchev–Trinajstić information content (AvgIpc) is 3.11. The molecule has 0 fully saturated rings. The normalized spacial score (nSPS) is 11.5. The first kappa shape index (κ1) is 34.9. The minimum Gasteiger partial charge on any atom is -0.492 e. The fourth-order valence-electron chi connectivity index (χ4n) is 6.16. The Labute approximate surface area is 298 Å². The summed E-state index contributed by atoms with van der Waals surface area (Å²) in [6, 6.07) is 33.4. The molecule has 0 aliphatic carbocycles. The zero-order chi connectivity index (χ0) is 36.3. The zero-order valence-corrected chi connectivity index (χ0v) is 29.8. The molecule has 2 amide bonds. The number of urea groups is 1. The second-order valence-corrected chi connectivity index (χ2v) is 13.9. The van der Waals surface area contributed by atoms with E-state index in [4.69, 9.17) is 4.74 Å². The SMILES string of the molecule is COc1c(NC(=O)Nc2ccc(-c3ccc(CN(C)C)cc3)c3ccccc23)cc(C(C)(C)C)cc1Nc1c(NCc2ccccc2)c(=O)c1=O. The Bertz CT molecular complexity index is 2270. The highest BCUT2D eigenvalue weighted by Crippen LogP contribution is 2.41. The highest BCUT2D eigenvalue weighted by Gasteiger charge is 2.26. The van der Waals surface area contributed by atoms with Crippen LogP contribution in [0.2, 0.25) is 0 Å². The summed E-state index contributed by atoms with van der Waals surface area (Å²) in [6.07, 6.45) is 0. The largest absolute Gasteiger partial charge is 0.492 e. The number of carbonyl (C=O) groups is 1. The van der Waals surface area contributed by atoms with Crippen molar-refractivity contribution in [3.8, 4) is 16.9 Å². The third kappa shape index (κ3) is 7.64. The lowest BCUT2D eigenvalue weighted by Crippen LogP contribution is -2.36. The molecule has 0 saturated carbocycles. The fraction of sp³-hybridized carbons (Fsp3) is 0.214. The number of fused-ring (bicyclic) bond motifs is 1. The maximum atomic E-state index is 13.7. The molecule has 0 spiro atoms. The van der Waals surface area contributed by atoms with Gasteiger partial charge in [-0.3, -0.25) is 9.59 Å². The lowest BCUT2D eigenvalue weighted by molar-refractivity contribution is 0.262. The van der Waals surface area contributed by atoms with Crippen molar-refractivity contribution in [3.05, 3.63) is 140 Å². The molecule has 0 aromatic heterocycles. The number of rotatable bonds is 11. The Kier molecular flexibility index (Phi) is 9.93. The molecule has 0 saturated heterocycles. The molecule has 9 heteroatoms. The van der Waals surface area contributed by atoms with Gasteiger partial charge >= 0.3 is 6.03 Å². The number of carbonyl (C=O) groups excluding carboxylic acids is 1. The number of nitrogens with one attached hydrogen (secondary N) is 4. The molecule has 51 heavy (non-hydrogen) atoms. The van der Waals surface area contributed by atoms with Gasteiger partial charge in [-0.1, -0.05) is 106 Å². The summed E-state index contributed by atoms with van der Waals surface area (Å²) in [5.41, 5.74) is 5.56. The van der Waals surface area contributed by atoms with Crippen LogP contribution in [0, 0.1) is 0 Å². The third-order valence-corrected chi connectivity index (χ3v) is 8.83. The summed E-state index contributed by atoms with van der Waals surface area (Å²) in [5, 5.41) is 14.2. The second-order valence-electron chi connectivity index (χ2n) is 13.9. The summed E-state index contributed by atoms with van der Waals surface area (Å²) in [6.45, 7) is 7.40. The number of hydrogen-bond acceptors (Lipinski definition) is 7. The molecule has 0 radical (unpaired) electrons. The van der Waals surface area contributed by atoms with Gasteiger partial charge in [-0.15, -0.1) is 0 Å². The Balaban J connectivity index is 1.28. The summed E-state index contributed by atoms with van der Waals surface area (Å²) in [4.78, 5) is 41.2. The van der Waals surface area contributed by atoms with E-state index in [-0.39, 0.29) is 16.8 Å². The van der Waals surface area contributed by atoms with Crippen LogP contribution in [0.4, 0.5) is 33.2 Å². The van der Waals surface area contributed by atoms with Gasteiger partial charge < -0.3 is 30.9 Å². The van der Waals surface area contributed by atoms with Crippen molar-refractivity contribution < 1.29 is 9.53 Å². The van der Waals surface area contributed by atoms with E-state index in [1.807, 2.05) is 72.8 Å². The minimum absolute atomic E-state index is 0.148. The van der Waals surface area contributed by atoms with E-state index in [9.17, 15) is 14.4 Å². The van der Waals surface area contributed by atoms with Gasteiger partial charge in [0.2, 0.25) is 0 Å². The average molecular weight is 682 g/mol. The van der Waals surface area contributed by atoms with Crippen LogP contribution in [0.15, 0.2) is 113 Å². The van der Waals surface area contributed by atoms with Crippen molar-refractivity contribution in [1.82, 2.24) is 4.90 Å². The number of ether oxygens (including phenoxy) is 1. The Hall–Kier alpha value is -5.93. The molecule has 0 bridgehead atoms. The third-order valence-electron chi connectivity index (χ3n) is 8.83. The standard InChI is InChI=1S/C42H43N5O4/c1-42(2,3)29-22-34(44-37-36(38(48)39(37)49)43-24-26-12-8-7-9-13-26)40(51-6)35(23-29)46-41(50)45-33-21-20-30(31-14-10-11-15-32(31)33)28-18-16-27(17-19-28)25-47(4)5/h7-23,43-44H,24-25H2,1-6H3,(H2,45,46,50). The fourth-order valence-corrected chi connectivity index (χ4v) is 6.16. The van der Waals surface area contributed by atoms with Gasteiger partial charge in [-0.25, -0.2) is 4.79 Å². The molecule has 0 aliphatic heterocycles. The first-order chi connectivity index (χ1) is 24.4. The van der Waals surface area contributed by atoms with Gasteiger partial charge in [0.1, 0.15) is 11.4 Å². The predicted molar refractivity (Wildman–Crippen MR) is 210 cm³/mol. The van der Waals surface area contributed by atoms with E-state index in [0.717, 1.165) is 39.6 Å². The molecular weight excluding hydrogens is 638 g/mol. The monoisotopic (exact) mass is 681 g/mol. The van der Waals surface area contributed by atoms with Gasteiger partial charge in [-0.05, 0) is 70.9 Å². The van der Waals surface area contributed by atoms with Gasteiger partial charge in [0.15, 0.2) is 5.75 Å². The highest BCUT2D eigenvalue weighted by molar-refractivity contribution is 6.10. The van der Waals surface area contributed by atoms with Crippen molar-refractivity contribution >= 4 is 45.2 Å². The lowest BCUT2D eigenvalue weighted by atomic mass is 9.86. The molecule has 0 unspecified atom stereocenters. The summed E-state index contributed by atoms with van der Waals surface area (Å²) < 4.78 is 5.81. The van der Waals surface area contributed by atoms with Crippen LogP contribution in [0.1, 0.15) is 37.5 Å². The predicted octanol–water partition coefficient (Wildman–Crippen LogP) is 8.47. The van der Waals surface area contributed by atoms with Crippen molar-refractivity contribution in [1.29, 1.82) is 0 Å². The molecule has 4 N–H and O–H groups in total. The zero-order valence-electron chi connectivity index (χ0n) is 29.8. The van der Waals surface area contributed by atoms with Crippen LogP contribution in [-0.4, -0.2) is 32.1 Å². The molecule has 260 valence electrons. The molecular formula is C42H43N5O4. The molecule has 6 aromatic rings. The van der Waals surface area contributed by atoms with Crippen molar-refractivity contribution in [2.75, 3.05) is 42.5 Å².